The van der Waals surface area contributed by atoms with Crippen LogP contribution in [0.5, 0.6) is 0 Å². The number of carbonyl (C=O) groups excluding carboxylic acids is 1. The van der Waals surface area contributed by atoms with Gasteiger partial charge in [0.05, 0.1) is 6.20 Å². The average Bonchev–Trinajstić information content (AvgIpc) is 3.69. The quantitative estimate of drug-likeness (QED) is 0.241. The van der Waals surface area contributed by atoms with Crippen molar-refractivity contribution in [2.75, 3.05) is 32.5 Å². The van der Waals surface area contributed by atoms with E-state index in [4.69, 9.17) is 0 Å². The van der Waals surface area contributed by atoms with Crippen molar-refractivity contribution in [2.24, 2.45) is 7.05 Å². The van der Waals surface area contributed by atoms with Crippen LogP contribution in [0, 0.1) is 24.6 Å². The van der Waals surface area contributed by atoms with E-state index >= 15 is 0 Å². The summed E-state index contributed by atoms with van der Waals surface area (Å²) in [6.07, 6.45) is -1.21. The molecule has 1 fully saturated rings. The highest BCUT2D eigenvalue weighted by atomic mass is 19.4. The number of imidazole rings is 2. The number of hydrogen-bond donors (Lipinski definition) is 2. The van der Waals surface area contributed by atoms with Crippen LogP contribution in [-0.2, 0) is 19.8 Å². The third-order valence-corrected chi connectivity index (χ3v) is 7.48. The van der Waals surface area contributed by atoms with Crippen molar-refractivity contribution in [2.45, 2.75) is 32.1 Å². The van der Waals surface area contributed by atoms with Crippen molar-refractivity contribution in [3.63, 3.8) is 0 Å². The molecule has 5 rings (SSSR count). The average molecular weight is 594 g/mol. The molecule has 0 bridgehead atoms. The monoisotopic (exact) mass is 593 g/mol. The van der Waals surface area contributed by atoms with Gasteiger partial charge in [0.1, 0.15) is 17.2 Å². The number of nitrogens with zero attached hydrogens (tertiary/aromatic N) is 5. The summed E-state index contributed by atoms with van der Waals surface area (Å²) in [6, 6.07) is 10.2. The van der Waals surface area contributed by atoms with Crippen LogP contribution < -0.4 is 5.32 Å². The van der Waals surface area contributed by atoms with Gasteiger partial charge in [0.15, 0.2) is 11.6 Å². The summed E-state index contributed by atoms with van der Waals surface area (Å²) in [6.45, 7) is 4.15. The van der Waals surface area contributed by atoms with Crippen LogP contribution >= 0.6 is 0 Å². The molecule has 1 amide bonds. The van der Waals surface area contributed by atoms with E-state index in [0.29, 0.717) is 46.9 Å². The highest BCUT2D eigenvalue weighted by molar-refractivity contribution is 6.04. The van der Waals surface area contributed by atoms with E-state index < -0.39 is 17.8 Å². The van der Waals surface area contributed by atoms with Crippen LogP contribution in [-0.4, -0.2) is 68.5 Å². The molecule has 4 aromatic rings. The molecule has 2 aromatic carbocycles. The number of amides is 1. The van der Waals surface area contributed by atoms with Gasteiger partial charge in [-0.3, -0.25) is 9.69 Å². The van der Waals surface area contributed by atoms with Gasteiger partial charge in [-0.1, -0.05) is 18.1 Å². The molecule has 0 saturated carbocycles. The molecule has 224 valence electrons. The largest absolute Gasteiger partial charge is 0.432 e. The first-order valence-corrected chi connectivity index (χ1v) is 13.6. The second-order valence-corrected chi connectivity index (χ2v) is 10.9. The Kier molecular flexibility index (Phi) is 8.39. The van der Waals surface area contributed by atoms with Crippen molar-refractivity contribution >= 4 is 11.6 Å². The van der Waals surface area contributed by atoms with Crippen molar-refractivity contribution in [1.82, 2.24) is 29.3 Å². The maximum atomic E-state index is 14.9. The number of rotatable bonds is 6. The molecular formula is C31H31F4N7O. The van der Waals surface area contributed by atoms with Crippen molar-refractivity contribution < 1.29 is 22.4 Å². The zero-order valence-electron chi connectivity index (χ0n) is 24.2. The fourth-order valence-electron chi connectivity index (χ4n) is 4.93. The minimum atomic E-state index is -4.55. The molecule has 43 heavy (non-hydrogen) atoms. The number of carbonyl (C=O) groups is 1. The Labute approximate surface area is 246 Å². The minimum absolute atomic E-state index is 0.0313. The van der Waals surface area contributed by atoms with Crippen LogP contribution in [0.3, 0.4) is 0 Å². The fraction of sp³-hybridized carbons (Fsp3) is 0.323. The van der Waals surface area contributed by atoms with Gasteiger partial charge in [0.2, 0.25) is 0 Å². The molecule has 1 atom stereocenters. The van der Waals surface area contributed by atoms with Crippen molar-refractivity contribution in [3.05, 3.63) is 88.3 Å². The Morgan fingerprint density at radius 3 is 2.65 bits per heavy atom. The predicted octanol–water partition coefficient (Wildman–Crippen LogP) is 5.06. The van der Waals surface area contributed by atoms with Gasteiger partial charge >= 0.3 is 6.18 Å². The minimum Gasteiger partial charge on any atom is -0.332 e. The lowest BCUT2D eigenvalue weighted by molar-refractivity contribution is -0.140. The van der Waals surface area contributed by atoms with E-state index in [0.717, 1.165) is 25.1 Å². The smallest absolute Gasteiger partial charge is 0.332 e. The van der Waals surface area contributed by atoms with E-state index in [1.165, 1.54) is 10.6 Å². The SMILES string of the molecule is Cc1ccc(C(=O)Nc2ccc(CN3CC[C@@H](N(C)C)C3)c(F)c2)cc1C#Cc1cn(C)c(-c2ncc(C(F)(F)F)[nH]2)n1. The first-order valence-electron chi connectivity index (χ1n) is 13.6. The van der Waals surface area contributed by atoms with Gasteiger partial charge in [-0.25, -0.2) is 14.4 Å². The molecule has 1 saturated heterocycles. The summed E-state index contributed by atoms with van der Waals surface area (Å²) in [7, 11) is 5.73. The third kappa shape index (κ3) is 6.96. The first-order chi connectivity index (χ1) is 20.4. The number of likely N-dealkylation sites (tertiary alicyclic amines) is 1. The molecule has 0 unspecified atom stereocenters. The summed E-state index contributed by atoms with van der Waals surface area (Å²) < 4.78 is 55.3. The van der Waals surface area contributed by atoms with E-state index in [-0.39, 0.29) is 17.5 Å². The lowest BCUT2D eigenvalue weighted by atomic mass is 10.0. The number of hydrogen-bond acceptors (Lipinski definition) is 5. The number of H-pyrrole nitrogens is 1. The number of alkyl halides is 3. The third-order valence-electron chi connectivity index (χ3n) is 7.48. The molecule has 1 aliphatic rings. The predicted molar refractivity (Wildman–Crippen MR) is 155 cm³/mol. The van der Waals surface area contributed by atoms with Gasteiger partial charge < -0.3 is 19.8 Å². The van der Waals surface area contributed by atoms with Gasteiger partial charge in [0.25, 0.3) is 5.91 Å². The molecule has 0 aliphatic carbocycles. The number of anilines is 1. The van der Waals surface area contributed by atoms with Gasteiger partial charge in [-0.2, -0.15) is 13.2 Å². The molecule has 0 spiro atoms. The maximum absolute atomic E-state index is 14.9. The van der Waals surface area contributed by atoms with Crippen molar-refractivity contribution in [1.29, 1.82) is 0 Å². The van der Waals surface area contributed by atoms with Gasteiger partial charge in [-0.15, -0.1) is 0 Å². The number of benzene rings is 2. The Morgan fingerprint density at radius 2 is 1.98 bits per heavy atom. The lowest BCUT2D eigenvalue weighted by Gasteiger charge is -2.20. The molecular weight excluding hydrogens is 562 g/mol. The summed E-state index contributed by atoms with van der Waals surface area (Å²) in [4.78, 5) is 27.7. The fourth-order valence-corrected chi connectivity index (χ4v) is 4.93. The van der Waals surface area contributed by atoms with E-state index in [2.05, 4.69) is 56.0 Å². The molecule has 2 N–H and O–H groups in total. The summed E-state index contributed by atoms with van der Waals surface area (Å²) in [5, 5.41) is 2.75. The van der Waals surface area contributed by atoms with Crippen LogP contribution in [0.2, 0.25) is 0 Å². The molecule has 3 heterocycles. The summed E-state index contributed by atoms with van der Waals surface area (Å²) in [5.74, 6) is 5.27. The number of aryl methyl sites for hydroxylation is 2. The molecule has 8 nitrogen and oxygen atoms in total. The number of aromatic amines is 1. The Balaban J connectivity index is 1.27. The van der Waals surface area contributed by atoms with Crippen LogP contribution in [0.15, 0.2) is 48.8 Å². The maximum Gasteiger partial charge on any atom is 0.432 e. The van der Waals surface area contributed by atoms with Gasteiger partial charge in [0, 0.05) is 61.3 Å². The zero-order chi connectivity index (χ0) is 30.9. The Morgan fingerprint density at radius 1 is 1.19 bits per heavy atom. The normalized spacial score (nSPS) is 15.5. The highest BCUT2D eigenvalue weighted by Gasteiger charge is 2.33. The number of nitrogens with one attached hydrogen (secondary N) is 2. The highest BCUT2D eigenvalue weighted by Crippen LogP contribution is 2.29. The Bertz CT molecular complexity index is 1710. The second kappa shape index (κ2) is 12.0. The standard InChI is InChI=1S/C31H31F4N7O/c1-19-5-6-21(30(43)38-23-9-8-22(26(32)14-23)16-42-12-11-25(18-42)40(2)3)13-20(19)7-10-24-17-41(4)29(37-24)28-36-15-27(39-28)31(33,34)35/h5-6,8-9,13-15,17,25H,11-12,16,18H2,1-4H3,(H,36,39)(H,38,43)/t25-/m1/s1. The molecule has 0 radical (unpaired) electrons. The van der Waals surface area contributed by atoms with E-state index in [9.17, 15) is 22.4 Å². The summed E-state index contributed by atoms with van der Waals surface area (Å²) in [5.41, 5.74) is 2.00. The van der Waals surface area contributed by atoms with E-state index in [1.807, 2.05) is 6.92 Å². The molecule has 12 heteroatoms. The zero-order valence-corrected chi connectivity index (χ0v) is 24.2. The van der Waals surface area contributed by atoms with Crippen LogP contribution in [0.25, 0.3) is 11.6 Å². The van der Waals surface area contributed by atoms with Crippen molar-refractivity contribution in [3.8, 4) is 23.5 Å². The number of likely N-dealkylation sites (N-methyl/N-ethyl adjacent to an activating group) is 1. The molecule has 2 aromatic heterocycles. The lowest BCUT2D eigenvalue weighted by Crippen LogP contribution is -2.31. The van der Waals surface area contributed by atoms with Crippen LogP contribution in [0.4, 0.5) is 23.2 Å². The number of halogens is 4. The first kappa shape index (κ1) is 30.0. The van der Waals surface area contributed by atoms with Gasteiger partial charge in [-0.05, 0) is 63.2 Å². The molecule has 1 aliphatic heterocycles. The summed E-state index contributed by atoms with van der Waals surface area (Å²) >= 11 is 0. The topological polar surface area (TPSA) is 82.1 Å². The number of aromatic nitrogens is 4. The van der Waals surface area contributed by atoms with Crippen LogP contribution in [0.1, 0.15) is 44.9 Å². The second-order valence-electron chi connectivity index (χ2n) is 10.9. The van der Waals surface area contributed by atoms with E-state index in [1.54, 1.807) is 43.6 Å². The Hall–Kier alpha value is -4.47.